The number of aromatic nitrogens is 1. The zero-order valence-corrected chi connectivity index (χ0v) is 9.71. The number of halogens is 1. The van der Waals surface area contributed by atoms with Crippen LogP contribution in [0.3, 0.4) is 0 Å². The number of methoxy groups -OCH3 is 1. The maximum Gasteiger partial charge on any atom is 0.342 e. The molecule has 0 aliphatic heterocycles. The van der Waals surface area contributed by atoms with Gasteiger partial charge in [0.25, 0.3) is 0 Å². The standard InChI is InChI=1S/C11H12FNO2S/c1-15-11(14)9-6-8(4-2-3-5-16)7-13-10(9)12/h2,4,6-7,16H,3,5H2,1H3. The van der Waals surface area contributed by atoms with Crippen LogP contribution in [0.15, 0.2) is 18.3 Å². The topological polar surface area (TPSA) is 39.2 Å². The van der Waals surface area contributed by atoms with Gasteiger partial charge in [-0.1, -0.05) is 12.2 Å². The fourth-order valence-corrected chi connectivity index (χ4v) is 1.25. The van der Waals surface area contributed by atoms with E-state index in [2.05, 4.69) is 22.3 Å². The van der Waals surface area contributed by atoms with Crippen molar-refractivity contribution in [2.45, 2.75) is 6.42 Å². The van der Waals surface area contributed by atoms with Crippen LogP contribution in [0.4, 0.5) is 4.39 Å². The molecule has 3 nitrogen and oxygen atoms in total. The predicted octanol–water partition coefficient (Wildman–Crippen LogP) is 2.34. The van der Waals surface area contributed by atoms with Gasteiger partial charge in [-0.05, 0) is 23.8 Å². The summed E-state index contributed by atoms with van der Waals surface area (Å²) in [6.45, 7) is 0. The van der Waals surface area contributed by atoms with E-state index < -0.39 is 11.9 Å². The van der Waals surface area contributed by atoms with Gasteiger partial charge in [-0.3, -0.25) is 0 Å². The van der Waals surface area contributed by atoms with Crippen molar-refractivity contribution in [1.29, 1.82) is 0 Å². The smallest absolute Gasteiger partial charge is 0.342 e. The molecule has 1 aromatic rings. The summed E-state index contributed by atoms with van der Waals surface area (Å²) in [4.78, 5) is 14.7. The third-order valence-electron chi connectivity index (χ3n) is 1.87. The molecule has 0 atom stereocenters. The summed E-state index contributed by atoms with van der Waals surface area (Å²) in [5.41, 5.74) is 0.499. The van der Waals surface area contributed by atoms with E-state index in [-0.39, 0.29) is 5.56 Å². The molecule has 1 aromatic heterocycles. The monoisotopic (exact) mass is 241 g/mol. The largest absolute Gasteiger partial charge is 0.465 e. The van der Waals surface area contributed by atoms with Crippen molar-refractivity contribution in [2.24, 2.45) is 0 Å². The second-order valence-corrected chi connectivity index (χ2v) is 3.46. The lowest BCUT2D eigenvalue weighted by molar-refractivity contribution is 0.0594. The molecule has 0 aromatic carbocycles. The fourth-order valence-electron chi connectivity index (χ4n) is 1.10. The molecular weight excluding hydrogens is 229 g/mol. The second kappa shape index (κ2) is 6.27. The van der Waals surface area contributed by atoms with Crippen molar-refractivity contribution in [3.63, 3.8) is 0 Å². The molecule has 0 saturated carbocycles. The Bertz CT molecular complexity index is 407. The number of ether oxygens (including phenoxy) is 1. The number of rotatable bonds is 4. The van der Waals surface area contributed by atoms with Gasteiger partial charge < -0.3 is 4.74 Å². The quantitative estimate of drug-likeness (QED) is 0.499. The van der Waals surface area contributed by atoms with Crippen LogP contribution >= 0.6 is 12.6 Å². The molecule has 0 bridgehead atoms. The van der Waals surface area contributed by atoms with Crippen molar-refractivity contribution in [3.8, 4) is 0 Å². The van der Waals surface area contributed by atoms with Crippen LogP contribution in [0.1, 0.15) is 22.3 Å². The van der Waals surface area contributed by atoms with Crippen LogP contribution in [0.25, 0.3) is 6.08 Å². The van der Waals surface area contributed by atoms with E-state index in [4.69, 9.17) is 0 Å². The highest BCUT2D eigenvalue weighted by atomic mass is 32.1. The lowest BCUT2D eigenvalue weighted by Gasteiger charge is -2.01. The Morgan fingerprint density at radius 2 is 2.44 bits per heavy atom. The first-order valence-electron chi connectivity index (χ1n) is 4.70. The maximum atomic E-state index is 13.1. The summed E-state index contributed by atoms with van der Waals surface area (Å²) in [5.74, 6) is -0.817. The van der Waals surface area contributed by atoms with Crippen molar-refractivity contribution in [1.82, 2.24) is 4.98 Å². The van der Waals surface area contributed by atoms with E-state index in [1.54, 1.807) is 6.08 Å². The van der Waals surface area contributed by atoms with Gasteiger partial charge in [0.2, 0.25) is 5.95 Å². The molecule has 0 aliphatic carbocycles. The number of pyridine rings is 1. The minimum atomic E-state index is -0.821. The molecule has 0 radical (unpaired) electrons. The van der Waals surface area contributed by atoms with E-state index >= 15 is 0 Å². The molecule has 1 heterocycles. The number of thiol groups is 1. The van der Waals surface area contributed by atoms with Gasteiger partial charge in [-0.15, -0.1) is 0 Å². The maximum absolute atomic E-state index is 13.1. The van der Waals surface area contributed by atoms with Crippen LogP contribution in [-0.2, 0) is 4.74 Å². The van der Waals surface area contributed by atoms with Crippen molar-refractivity contribution in [2.75, 3.05) is 12.9 Å². The molecule has 0 unspecified atom stereocenters. The summed E-state index contributed by atoms with van der Waals surface area (Å²) in [7, 11) is 1.20. The molecule has 0 N–H and O–H groups in total. The van der Waals surface area contributed by atoms with Gasteiger partial charge in [0.05, 0.1) is 7.11 Å². The van der Waals surface area contributed by atoms with Crippen LogP contribution in [0.2, 0.25) is 0 Å². The SMILES string of the molecule is COC(=O)c1cc(C=CCCS)cnc1F. The Morgan fingerprint density at radius 3 is 3.06 bits per heavy atom. The Morgan fingerprint density at radius 1 is 1.69 bits per heavy atom. The Hall–Kier alpha value is -1.36. The number of carbonyl (C=O) groups excluding carboxylic acids is 1. The Kier molecular flexibility index (Phi) is 4.98. The van der Waals surface area contributed by atoms with E-state index in [0.717, 1.165) is 12.2 Å². The van der Waals surface area contributed by atoms with Gasteiger partial charge in [0.1, 0.15) is 5.56 Å². The molecule has 5 heteroatoms. The second-order valence-electron chi connectivity index (χ2n) is 3.01. The fraction of sp³-hybridized carbons (Fsp3) is 0.273. The Labute approximate surface area is 98.7 Å². The van der Waals surface area contributed by atoms with E-state index in [9.17, 15) is 9.18 Å². The highest BCUT2D eigenvalue weighted by Crippen LogP contribution is 2.10. The lowest BCUT2D eigenvalue weighted by Crippen LogP contribution is -2.06. The molecule has 86 valence electrons. The van der Waals surface area contributed by atoms with Crippen LogP contribution in [-0.4, -0.2) is 23.8 Å². The van der Waals surface area contributed by atoms with E-state index in [0.29, 0.717) is 5.56 Å². The normalized spacial score (nSPS) is 10.7. The molecule has 0 aliphatic rings. The van der Waals surface area contributed by atoms with E-state index in [1.165, 1.54) is 19.4 Å². The summed E-state index contributed by atoms with van der Waals surface area (Å²) in [6, 6.07) is 1.41. The van der Waals surface area contributed by atoms with Crippen LogP contribution in [0.5, 0.6) is 0 Å². The first-order valence-corrected chi connectivity index (χ1v) is 5.33. The summed E-state index contributed by atoms with van der Waals surface area (Å²) >= 11 is 4.05. The third kappa shape index (κ3) is 3.34. The highest BCUT2D eigenvalue weighted by molar-refractivity contribution is 7.80. The minimum absolute atomic E-state index is 0.157. The Balaban J connectivity index is 2.93. The number of carbonyl (C=O) groups is 1. The zero-order chi connectivity index (χ0) is 12.0. The van der Waals surface area contributed by atoms with Gasteiger partial charge in [0, 0.05) is 6.20 Å². The first kappa shape index (κ1) is 12.7. The predicted molar refractivity (Wildman–Crippen MR) is 63.0 cm³/mol. The first-order chi connectivity index (χ1) is 7.69. The van der Waals surface area contributed by atoms with Crippen LogP contribution < -0.4 is 0 Å². The number of hydrogen-bond donors (Lipinski definition) is 1. The zero-order valence-electron chi connectivity index (χ0n) is 8.81. The number of nitrogens with zero attached hydrogens (tertiary/aromatic N) is 1. The summed E-state index contributed by atoms with van der Waals surface area (Å²) < 4.78 is 17.6. The van der Waals surface area contributed by atoms with E-state index in [1.807, 2.05) is 6.08 Å². The van der Waals surface area contributed by atoms with Gasteiger partial charge in [0.15, 0.2) is 0 Å². The molecule has 0 spiro atoms. The minimum Gasteiger partial charge on any atom is -0.465 e. The molecule has 1 rings (SSSR count). The molecule has 0 fully saturated rings. The molecule has 16 heavy (non-hydrogen) atoms. The summed E-state index contributed by atoms with van der Waals surface area (Å²) in [6.07, 6.45) is 5.79. The van der Waals surface area contributed by atoms with Gasteiger partial charge in [-0.2, -0.15) is 17.0 Å². The third-order valence-corrected chi connectivity index (χ3v) is 2.13. The highest BCUT2D eigenvalue weighted by Gasteiger charge is 2.13. The average Bonchev–Trinajstić information content (AvgIpc) is 2.30. The lowest BCUT2D eigenvalue weighted by atomic mass is 10.2. The molecule has 0 amide bonds. The number of allylic oxidation sites excluding steroid dienone is 1. The number of hydrogen-bond acceptors (Lipinski definition) is 4. The van der Waals surface area contributed by atoms with Crippen molar-refractivity contribution < 1.29 is 13.9 Å². The molecular formula is C11H12FNO2S. The van der Waals surface area contributed by atoms with Crippen molar-refractivity contribution in [3.05, 3.63) is 35.4 Å². The summed E-state index contributed by atoms with van der Waals surface area (Å²) in [5, 5.41) is 0. The van der Waals surface area contributed by atoms with Crippen LogP contribution in [0, 0.1) is 5.95 Å². The van der Waals surface area contributed by atoms with Gasteiger partial charge >= 0.3 is 5.97 Å². The number of esters is 1. The molecule has 0 saturated heterocycles. The van der Waals surface area contributed by atoms with Crippen molar-refractivity contribution >= 4 is 24.7 Å². The van der Waals surface area contributed by atoms with Gasteiger partial charge in [-0.25, -0.2) is 9.78 Å². The average molecular weight is 241 g/mol.